The number of rotatable bonds is 1. The summed E-state index contributed by atoms with van der Waals surface area (Å²) in [5.41, 5.74) is 3.09. The van der Waals surface area contributed by atoms with Crippen LogP contribution in [0.15, 0.2) is 18.2 Å². The summed E-state index contributed by atoms with van der Waals surface area (Å²) in [6.45, 7) is 0. The van der Waals surface area contributed by atoms with E-state index in [1.54, 1.807) is 12.7 Å². The summed E-state index contributed by atoms with van der Waals surface area (Å²) in [5, 5.41) is 0. The summed E-state index contributed by atoms with van der Waals surface area (Å²) in [6.07, 6.45) is 0. The van der Waals surface area contributed by atoms with Crippen LogP contribution < -0.4 is 4.74 Å². The molecule has 0 amide bonds. The topological polar surface area (TPSA) is 9.23 Å². The van der Waals surface area contributed by atoms with Crippen LogP contribution in [0.2, 0.25) is 0 Å². The van der Waals surface area contributed by atoms with Gasteiger partial charge in [-0.1, -0.05) is 0 Å². The molecule has 0 aromatic heterocycles. The Morgan fingerprint density at radius 2 is 1.92 bits per heavy atom. The molecule has 0 fully saturated rings. The van der Waals surface area contributed by atoms with Gasteiger partial charge in [0.2, 0.25) is 0 Å². The molecule has 0 saturated heterocycles. The van der Waals surface area contributed by atoms with E-state index in [0.717, 1.165) is 5.75 Å². The van der Waals surface area contributed by atoms with Gasteiger partial charge in [0.15, 0.2) is 0 Å². The van der Waals surface area contributed by atoms with E-state index in [2.05, 4.69) is 55.6 Å². The molecule has 0 saturated carbocycles. The number of fused-ring (bicyclic) bond motifs is 1. The minimum absolute atomic E-state index is 1.01. The van der Waals surface area contributed by atoms with Crippen molar-refractivity contribution < 1.29 is 4.74 Å². The van der Waals surface area contributed by atoms with Crippen LogP contribution in [0.4, 0.5) is 0 Å². The van der Waals surface area contributed by atoms with Crippen LogP contribution in [0, 0.1) is 0 Å². The van der Waals surface area contributed by atoms with Crippen molar-refractivity contribution in [2.75, 3.05) is 7.11 Å². The molecule has 0 radical (unpaired) electrons. The molecule has 0 bridgehead atoms. The minimum atomic E-state index is -1.50. The van der Waals surface area contributed by atoms with Gasteiger partial charge in [-0.25, -0.2) is 0 Å². The maximum atomic E-state index is 5.22. The van der Waals surface area contributed by atoms with E-state index >= 15 is 0 Å². The van der Waals surface area contributed by atoms with E-state index in [4.69, 9.17) is 4.74 Å². The Labute approximate surface area is 102 Å². The molecule has 1 nitrogen and oxygen atoms in total. The van der Waals surface area contributed by atoms with Crippen LogP contribution in [0.3, 0.4) is 0 Å². The molecule has 1 aromatic rings. The van der Waals surface area contributed by atoms with Gasteiger partial charge in [0.25, 0.3) is 0 Å². The molecule has 0 aliphatic carbocycles. The zero-order valence-corrected chi connectivity index (χ0v) is 13.9. The van der Waals surface area contributed by atoms with Crippen molar-refractivity contribution in [1.29, 1.82) is 0 Å². The molecular formula is C9H10I2OTe. The molecule has 0 N–H and O–H groups in total. The van der Waals surface area contributed by atoms with Crippen LogP contribution in [-0.4, -0.2) is 17.4 Å². The normalized spacial score (nSPS) is 20.8. The molecule has 1 aromatic carbocycles. The predicted molar refractivity (Wildman–Crippen MR) is 74.2 cm³/mol. The van der Waals surface area contributed by atoms with Crippen LogP contribution in [0.5, 0.6) is 5.75 Å². The van der Waals surface area contributed by atoms with Gasteiger partial charge >= 0.3 is 104 Å². The van der Waals surface area contributed by atoms with Gasteiger partial charge in [-0.2, -0.15) is 0 Å². The van der Waals surface area contributed by atoms with Gasteiger partial charge in [0, 0.05) is 0 Å². The summed E-state index contributed by atoms with van der Waals surface area (Å²) in [4.78, 5) is 0. The first-order chi connectivity index (χ1) is 6.11. The van der Waals surface area contributed by atoms with Gasteiger partial charge in [0.1, 0.15) is 0 Å². The molecule has 1 heterocycles. The first-order valence-corrected chi connectivity index (χ1v) is 20.8. The third-order valence-electron chi connectivity index (χ3n) is 2.15. The SMILES string of the molecule is COc1ccc2c(c1)C[Te](I)(I)C2. The fourth-order valence-electron chi connectivity index (χ4n) is 1.51. The van der Waals surface area contributed by atoms with E-state index in [9.17, 15) is 0 Å². The quantitative estimate of drug-likeness (QED) is 0.413. The molecule has 0 unspecified atom stereocenters. The number of halogens is 2. The van der Waals surface area contributed by atoms with Crippen molar-refractivity contribution in [2.45, 2.75) is 8.94 Å². The van der Waals surface area contributed by atoms with Gasteiger partial charge in [-0.3, -0.25) is 0 Å². The van der Waals surface area contributed by atoms with Crippen LogP contribution in [0.25, 0.3) is 0 Å². The van der Waals surface area contributed by atoms with Crippen molar-refractivity contribution in [3.05, 3.63) is 29.3 Å². The van der Waals surface area contributed by atoms with Crippen molar-refractivity contribution in [3.8, 4) is 5.75 Å². The summed E-state index contributed by atoms with van der Waals surface area (Å²) in [5.74, 6) is 1.01. The third kappa shape index (κ3) is 2.44. The zero-order valence-electron chi connectivity index (χ0n) is 7.22. The Kier molecular flexibility index (Phi) is 3.34. The molecular weight excluding hydrogens is 506 g/mol. The third-order valence-corrected chi connectivity index (χ3v) is 14.7. The van der Waals surface area contributed by atoms with Crippen molar-refractivity contribution in [1.82, 2.24) is 0 Å². The second-order valence-corrected chi connectivity index (χ2v) is 42.7. The molecule has 4 heteroatoms. The standard InChI is InChI=1S/C9H10I2OTe/c1-12-9-3-2-7-5-13(10,11)6-8(7)4-9/h2-4H,5-6H2,1H3. The fourth-order valence-corrected chi connectivity index (χ4v) is 15.0. The summed E-state index contributed by atoms with van der Waals surface area (Å²) >= 11 is 5.44. The average Bonchev–Trinajstić information content (AvgIpc) is 2.36. The fraction of sp³-hybridized carbons (Fsp3) is 0.333. The number of hydrogen-bond donors (Lipinski definition) is 0. The Morgan fingerprint density at radius 3 is 2.62 bits per heavy atom. The zero-order chi connectivity index (χ0) is 9.47. The Morgan fingerprint density at radius 1 is 1.23 bits per heavy atom. The van der Waals surface area contributed by atoms with Crippen LogP contribution >= 0.6 is 37.4 Å². The van der Waals surface area contributed by atoms with Gasteiger partial charge in [0.05, 0.1) is 0 Å². The second-order valence-electron chi connectivity index (χ2n) is 3.12. The van der Waals surface area contributed by atoms with E-state index in [-0.39, 0.29) is 0 Å². The Bertz CT molecular complexity index is 338. The van der Waals surface area contributed by atoms with Gasteiger partial charge in [-0.05, 0) is 0 Å². The number of ether oxygens (including phenoxy) is 1. The van der Waals surface area contributed by atoms with Gasteiger partial charge in [-0.15, -0.1) is 0 Å². The molecule has 0 spiro atoms. The molecule has 1 aliphatic heterocycles. The molecule has 1 aliphatic rings. The summed E-state index contributed by atoms with van der Waals surface area (Å²) < 4.78 is 7.93. The Hall–Kier alpha value is 1.27. The monoisotopic (exact) mass is 518 g/mol. The summed E-state index contributed by atoms with van der Waals surface area (Å²) in [6, 6.07) is 6.52. The van der Waals surface area contributed by atoms with Crippen molar-refractivity contribution in [3.63, 3.8) is 0 Å². The predicted octanol–water partition coefficient (Wildman–Crippen LogP) is 3.18. The average molecular weight is 516 g/mol. The molecule has 13 heavy (non-hydrogen) atoms. The van der Waals surface area contributed by atoms with Crippen molar-refractivity contribution in [2.24, 2.45) is 0 Å². The van der Waals surface area contributed by atoms with Crippen molar-refractivity contribution >= 4 is 47.7 Å². The van der Waals surface area contributed by atoms with E-state index in [1.165, 1.54) is 14.5 Å². The molecule has 0 atom stereocenters. The van der Waals surface area contributed by atoms with Crippen LogP contribution in [-0.2, 0) is 8.94 Å². The van der Waals surface area contributed by atoms with E-state index < -0.39 is 10.3 Å². The number of benzene rings is 1. The number of hydrogen-bond acceptors (Lipinski definition) is 1. The second kappa shape index (κ2) is 4.03. The first-order valence-electron chi connectivity index (χ1n) is 3.94. The Balaban J connectivity index is 2.36. The number of methoxy groups -OCH3 is 1. The molecule has 72 valence electrons. The summed E-state index contributed by atoms with van der Waals surface area (Å²) in [7, 11) is 0.234. The van der Waals surface area contributed by atoms with E-state index in [0.29, 0.717) is 0 Å². The first kappa shape index (κ1) is 10.8. The van der Waals surface area contributed by atoms with Gasteiger partial charge < -0.3 is 0 Å². The van der Waals surface area contributed by atoms with E-state index in [1.807, 2.05) is 0 Å². The molecule has 2 rings (SSSR count). The maximum absolute atomic E-state index is 5.22. The van der Waals surface area contributed by atoms with Crippen LogP contribution in [0.1, 0.15) is 11.1 Å².